The summed E-state index contributed by atoms with van der Waals surface area (Å²) in [5.74, 6) is -1.74. The van der Waals surface area contributed by atoms with Crippen LogP contribution < -0.4 is 15.5 Å². The fourth-order valence-corrected chi connectivity index (χ4v) is 3.84. The fraction of sp³-hybridized carbons (Fsp3) is 0. The molecule has 0 fully saturated rings. The zero-order valence-electron chi connectivity index (χ0n) is 15.4. The molecular weight excluding hydrogens is 483 g/mol. The van der Waals surface area contributed by atoms with E-state index in [4.69, 9.17) is 34.8 Å². The van der Waals surface area contributed by atoms with Crippen molar-refractivity contribution in [3.8, 4) is 0 Å². The lowest BCUT2D eigenvalue weighted by Crippen LogP contribution is -2.32. The highest BCUT2D eigenvalue weighted by Crippen LogP contribution is 2.33. The number of benzene rings is 2. The Morgan fingerprint density at radius 2 is 1.81 bits per heavy atom. The van der Waals surface area contributed by atoms with Crippen molar-refractivity contribution in [1.29, 1.82) is 0 Å². The highest BCUT2D eigenvalue weighted by molar-refractivity contribution is 7.13. The number of carbonyl (C=O) groups is 3. The maximum atomic E-state index is 12.9. The van der Waals surface area contributed by atoms with Crippen LogP contribution in [-0.4, -0.2) is 22.7 Å². The Kier molecular flexibility index (Phi) is 5.97. The Labute approximate surface area is 195 Å². The van der Waals surface area contributed by atoms with Crippen molar-refractivity contribution in [3.05, 3.63) is 80.4 Å². The quantitative estimate of drug-likeness (QED) is 0.480. The number of hydrogen-bond donors (Lipinski definition) is 2. The van der Waals surface area contributed by atoms with Crippen LogP contribution in [0.15, 0.2) is 64.8 Å². The van der Waals surface area contributed by atoms with Crippen LogP contribution in [0.3, 0.4) is 0 Å². The molecule has 1 aliphatic heterocycles. The summed E-state index contributed by atoms with van der Waals surface area (Å²) < 4.78 is 0. The molecule has 0 unspecified atom stereocenters. The molecule has 31 heavy (non-hydrogen) atoms. The van der Waals surface area contributed by atoms with E-state index in [1.807, 2.05) is 0 Å². The molecule has 0 bridgehead atoms. The number of carbonyl (C=O) groups excluding carboxylic acids is 3. The van der Waals surface area contributed by atoms with Gasteiger partial charge in [0.25, 0.3) is 17.7 Å². The Balaban J connectivity index is 1.56. The van der Waals surface area contributed by atoms with Gasteiger partial charge in [0, 0.05) is 22.8 Å². The molecule has 7 nitrogen and oxygen atoms in total. The van der Waals surface area contributed by atoms with E-state index in [0.29, 0.717) is 16.4 Å². The molecule has 0 radical (unpaired) electrons. The Morgan fingerprint density at radius 3 is 2.52 bits per heavy atom. The zero-order chi connectivity index (χ0) is 22.1. The first-order chi connectivity index (χ1) is 14.8. The van der Waals surface area contributed by atoms with Crippen molar-refractivity contribution in [2.24, 2.45) is 0 Å². The number of nitrogens with zero attached hydrogens (tertiary/aromatic N) is 2. The third-order valence-electron chi connectivity index (χ3n) is 4.24. The van der Waals surface area contributed by atoms with Crippen molar-refractivity contribution >= 4 is 80.4 Å². The molecule has 2 aromatic carbocycles. The SMILES string of the molecule is O=C(Nc1nccs1)c1cccc(NC2=C(Cl)C(=O)N(c3ccc(Cl)c(Cl)c3)C2=O)c1. The summed E-state index contributed by atoms with van der Waals surface area (Å²) in [7, 11) is 0. The van der Waals surface area contributed by atoms with Crippen LogP contribution >= 0.6 is 46.1 Å². The number of imide groups is 1. The molecule has 1 aromatic heterocycles. The first-order valence-electron chi connectivity index (χ1n) is 8.66. The molecule has 3 aromatic rings. The van der Waals surface area contributed by atoms with E-state index < -0.39 is 11.8 Å². The van der Waals surface area contributed by atoms with Gasteiger partial charge in [0.1, 0.15) is 10.7 Å². The van der Waals surface area contributed by atoms with Gasteiger partial charge >= 0.3 is 0 Å². The summed E-state index contributed by atoms with van der Waals surface area (Å²) in [5, 5.41) is 7.90. The molecule has 4 rings (SSSR count). The normalized spacial score (nSPS) is 13.7. The summed E-state index contributed by atoms with van der Waals surface area (Å²) in [5.41, 5.74) is 0.846. The van der Waals surface area contributed by atoms with Crippen LogP contribution in [0.5, 0.6) is 0 Å². The van der Waals surface area contributed by atoms with E-state index in [0.717, 1.165) is 4.90 Å². The van der Waals surface area contributed by atoms with E-state index >= 15 is 0 Å². The number of nitrogens with one attached hydrogen (secondary N) is 2. The number of amides is 3. The van der Waals surface area contributed by atoms with Crippen LogP contribution in [0, 0.1) is 0 Å². The summed E-state index contributed by atoms with van der Waals surface area (Å²) in [6, 6.07) is 10.8. The predicted molar refractivity (Wildman–Crippen MR) is 122 cm³/mol. The van der Waals surface area contributed by atoms with Gasteiger partial charge in [-0.3, -0.25) is 19.7 Å². The maximum absolute atomic E-state index is 12.9. The highest BCUT2D eigenvalue weighted by Gasteiger charge is 2.39. The van der Waals surface area contributed by atoms with E-state index in [-0.39, 0.29) is 32.4 Å². The Bertz CT molecular complexity index is 1240. The number of rotatable bonds is 5. The van der Waals surface area contributed by atoms with Crippen molar-refractivity contribution in [3.63, 3.8) is 0 Å². The van der Waals surface area contributed by atoms with Gasteiger partial charge in [0.2, 0.25) is 0 Å². The van der Waals surface area contributed by atoms with Gasteiger partial charge in [0.15, 0.2) is 5.13 Å². The largest absolute Gasteiger partial charge is 0.350 e. The van der Waals surface area contributed by atoms with Crippen molar-refractivity contribution in [2.75, 3.05) is 15.5 Å². The molecule has 3 amide bonds. The van der Waals surface area contributed by atoms with Crippen LogP contribution in [0.1, 0.15) is 10.4 Å². The Hall–Kier alpha value is -2.91. The van der Waals surface area contributed by atoms with Crippen LogP contribution in [0.4, 0.5) is 16.5 Å². The zero-order valence-corrected chi connectivity index (χ0v) is 18.4. The molecule has 0 saturated heterocycles. The van der Waals surface area contributed by atoms with Gasteiger partial charge in [-0.2, -0.15) is 0 Å². The van der Waals surface area contributed by atoms with Crippen LogP contribution in [0.2, 0.25) is 10.0 Å². The van der Waals surface area contributed by atoms with Gasteiger partial charge in [0.05, 0.1) is 15.7 Å². The topological polar surface area (TPSA) is 91.4 Å². The van der Waals surface area contributed by atoms with E-state index in [2.05, 4.69) is 15.6 Å². The first-order valence-corrected chi connectivity index (χ1v) is 10.7. The van der Waals surface area contributed by atoms with Crippen LogP contribution in [-0.2, 0) is 9.59 Å². The maximum Gasteiger partial charge on any atom is 0.283 e. The molecule has 0 saturated carbocycles. The Morgan fingerprint density at radius 1 is 1.00 bits per heavy atom. The lowest BCUT2D eigenvalue weighted by molar-refractivity contribution is -0.120. The summed E-state index contributed by atoms with van der Waals surface area (Å²) >= 11 is 19.3. The minimum atomic E-state index is -0.703. The standard InChI is InChI=1S/C20H11Cl3N4O3S/c21-13-5-4-12(9-14(13)22)27-18(29)15(23)16(19(27)30)25-11-3-1-2-10(8-11)17(28)26-20-24-6-7-31-20/h1-9,25H,(H,24,26,28). The van der Waals surface area contributed by atoms with E-state index in [1.165, 1.54) is 35.6 Å². The van der Waals surface area contributed by atoms with Gasteiger partial charge in [-0.15, -0.1) is 11.3 Å². The predicted octanol–water partition coefficient (Wildman–Crippen LogP) is 5.14. The summed E-state index contributed by atoms with van der Waals surface area (Å²) in [4.78, 5) is 42.8. The van der Waals surface area contributed by atoms with Crippen LogP contribution in [0.25, 0.3) is 0 Å². The van der Waals surface area contributed by atoms with Gasteiger partial charge in [-0.25, -0.2) is 9.88 Å². The summed E-state index contributed by atoms with van der Waals surface area (Å²) in [6.45, 7) is 0. The molecule has 0 atom stereocenters. The highest BCUT2D eigenvalue weighted by atomic mass is 35.5. The molecule has 0 spiro atoms. The monoisotopic (exact) mass is 492 g/mol. The molecule has 156 valence electrons. The number of halogens is 3. The molecular formula is C20H11Cl3N4O3S. The lowest BCUT2D eigenvalue weighted by Gasteiger charge is -2.16. The van der Waals surface area contributed by atoms with Crippen molar-refractivity contribution < 1.29 is 14.4 Å². The fourth-order valence-electron chi connectivity index (χ4n) is 2.81. The van der Waals surface area contributed by atoms with Gasteiger partial charge in [-0.1, -0.05) is 40.9 Å². The molecule has 1 aliphatic rings. The second-order valence-electron chi connectivity index (χ2n) is 6.23. The minimum absolute atomic E-state index is 0.116. The number of thiazole rings is 1. The number of anilines is 3. The average Bonchev–Trinajstić information content (AvgIpc) is 3.33. The molecule has 2 heterocycles. The lowest BCUT2D eigenvalue weighted by atomic mass is 10.2. The second-order valence-corrected chi connectivity index (χ2v) is 8.32. The third-order valence-corrected chi connectivity index (χ3v) is 6.01. The molecule has 0 aliphatic carbocycles. The average molecular weight is 494 g/mol. The smallest absolute Gasteiger partial charge is 0.283 e. The molecule has 11 heteroatoms. The van der Waals surface area contributed by atoms with Gasteiger partial charge < -0.3 is 5.32 Å². The van der Waals surface area contributed by atoms with Crippen molar-refractivity contribution in [2.45, 2.75) is 0 Å². The second kappa shape index (κ2) is 8.68. The number of hydrogen-bond acceptors (Lipinski definition) is 6. The minimum Gasteiger partial charge on any atom is -0.350 e. The number of aromatic nitrogens is 1. The first kappa shape index (κ1) is 21.3. The van der Waals surface area contributed by atoms with E-state index in [1.54, 1.807) is 29.8 Å². The van der Waals surface area contributed by atoms with E-state index in [9.17, 15) is 14.4 Å². The molecule has 2 N–H and O–H groups in total. The van der Waals surface area contributed by atoms with Crippen molar-refractivity contribution in [1.82, 2.24) is 4.98 Å². The van der Waals surface area contributed by atoms with Gasteiger partial charge in [-0.05, 0) is 36.4 Å². The summed E-state index contributed by atoms with van der Waals surface area (Å²) in [6.07, 6.45) is 1.58. The third kappa shape index (κ3) is 4.28.